The molecule has 0 aromatic rings. The number of likely N-dealkylation sites (tertiary alicyclic amines) is 2. The predicted octanol–water partition coefficient (Wildman–Crippen LogP) is 1.92. The van der Waals surface area contributed by atoms with Gasteiger partial charge < -0.3 is 10.6 Å². The topological polar surface area (TPSA) is 32.5 Å². The fourth-order valence-corrected chi connectivity index (χ4v) is 3.57. The van der Waals surface area contributed by atoms with Gasteiger partial charge >= 0.3 is 0 Å². The van der Waals surface area contributed by atoms with Gasteiger partial charge in [0.2, 0.25) is 0 Å². The van der Waals surface area contributed by atoms with E-state index in [0.29, 0.717) is 12.1 Å². The molecule has 0 aromatic heterocycles. The highest BCUT2D eigenvalue weighted by atomic mass is 15.2. The molecule has 3 heteroatoms. The Balaban J connectivity index is 1.82. The van der Waals surface area contributed by atoms with Gasteiger partial charge in [0, 0.05) is 24.7 Å². The maximum absolute atomic E-state index is 6.09. The Morgan fingerprint density at radius 1 is 1.00 bits per heavy atom. The summed E-state index contributed by atoms with van der Waals surface area (Å²) in [5.74, 6) is 0.724. The first-order chi connectivity index (χ1) is 8.58. The van der Waals surface area contributed by atoms with E-state index in [-0.39, 0.29) is 0 Å². The number of hydrogen-bond acceptors (Lipinski definition) is 3. The Morgan fingerprint density at radius 2 is 1.67 bits per heavy atom. The Morgan fingerprint density at radius 3 is 2.22 bits per heavy atom. The van der Waals surface area contributed by atoms with Crippen LogP contribution in [0.3, 0.4) is 0 Å². The molecule has 2 saturated heterocycles. The normalized spacial score (nSPS) is 30.8. The second-order valence-corrected chi connectivity index (χ2v) is 6.62. The van der Waals surface area contributed by atoms with E-state index >= 15 is 0 Å². The molecule has 2 N–H and O–H groups in total. The molecule has 106 valence electrons. The molecule has 2 heterocycles. The van der Waals surface area contributed by atoms with Crippen molar-refractivity contribution in [3.63, 3.8) is 0 Å². The lowest BCUT2D eigenvalue weighted by Gasteiger charge is -2.44. The van der Waals surface area contributed by atoms with Crippen molar-refractivity contribution in [3.8, 4) is 0 Å². The van der Waals surface area contributed by atoms with Crippen LogP contribution in [0.5, 0.6) is 0 Å². The van der Waals surface area contributed by atoms with Crippen molar-refractivity contribution in [2.75, 3.05) is 26.2 Å². The summed E-state index contributed by atoms with van der Waals surface area (Å²) < 4.78 is 0. The molecule has 0 saturated carbocycles. The van der Waals surface area contributed by atoms with E-state index < -0.39 is 0 Å². The molecule has 18 heavy (non-hydrogen) atoms. The van der Waals surface area contributed by atoms with Crippen LogP contribution in [0.2, 0.25) is 0 Å². The third-order valence-electron chi connectivity index (χ3n) is 4.98. The molecule has 0 radical (unpaired) electrons. The molecule has 2 aliphatic rings. The summed E-state index contributed by atoms with van der Waals surface area (Å²) in [6.45, 7) is 11.9. The minimum Gasteiger partial charge on any atom is -0.328 e. The van der Waals surface area contributed by atoms with Gasteiger partial charge in [-0.3, -0.25) is 4.90 Å². The van der Waals surface area contributed by atoms with Crippen LogP contribution in [0.25, 0.3) is 0 Å². The molecular formula is C15H31N3. The molecule has 0 spiro atoms. The summed E-state index contributed by atoms with van der Waals surface area (Å²) in [5, 5.41) is 0. The van der Waals surface area contributed by atoms with E-state index in [1.165, 1.54) is 51.9 Å². The zero-order valence-corrected chi connectivity index (χ0v) is 12.4. The maximum Gasteiger partial charge on any atom is 0.0120 e. The summed E-state index contributed by atoms with van der Waals surface area (Å²) in [6.07, 6.45) is 5.38. The lowest BCUT2D eigenvalue weighted by Crippen LogP contribution is -2.51. The quantitative estimate of drug-likeness (QED) is 0.834. The first-order valence-corrected chi connectivity index (χ1v) is 7.81. The fourth-order valence-electron chi connectivity index (χ4n) is 3.57. The number of nitrogens with zero attached hydrogens (tertiary/aromatic N) is 2. The minimum atomic E-state index is 0.364. The monoisotopic (exact) mass is 253 g/mol. The van der Waals surface area contributed by atoms with Crippen LogP contribution in [0, 0.1) is 5.92 Å². The lowest BCUT2D eigenvalue weighted by atomic mass is 9.89. The summed E-state index contributed by atoms with van der Waals surface area (Å²) in [7, 11) is 0. The average molecular weight is 253 g/mol. The molecule has 0 amide bonds. The Bertz CT molecular complexity index is 244. The van der Waals surface area contributed by atoms with Gasteiger partial charge in [-0.05, 0) is 72.0 Å². The number of rotatable bonds is 3. The van der Waals surface area contributed by atoms with Crippen molar-refractivity contribution < 1.29 is 0 Å². The fraction of sp³-hybridized carbons (Fsp3) is 1.00. The van der Waals surface area contributed by atoms with Gasteiger partial charge in [-0.25, -0.2) is 0 Å². The Labute approximate surface area is 113 Å². The third-order valence-corrected chi connectivity index (χ3v) is 4.98. The zero-order valence-electron chi connectivity index (χ0n) is 12.4. The van der Waals surface area contributed by atoms with Gasteiger partial charge in [-0.15, -0.1) is 0 Å². The molecule has 3 nitrogen and oxygen atoms in total. The second kappa shape index (κ2) is 6.36. The van der Waals surface area contributed by atoms with Crippen LogP contribution in [0.1, 0.15) is 46.5 Å². The van der Waals surface area contributed by atoms with Crippen molar-refractivity contribution in [3.05, 3.63) is 0 Å². The molecule has 0 aromatic carbocycles. The van der Waals surface area contributed by atoms with Gasteiger partial charge in [0.1, 0.15) is 0 Å². The van der Waals surface area contributed by atoms with Crippen molar-refractivity contribution in [2.24, 2.45) is 11.7 Å². The number of piperidine rings is 2. The summed E-state index contributed by atoms with van der Waals surface area (Å²) in [5.41, 5.74) is 6.09. The van der Waals surface area contributed by atoms with Gasteiger partial charge in [0.05, 0.1) is 0 Å². The average Bonchev–Trinajstić information content (AvgIpc) is 2.39. The van der Waals surface area contributed by atoms with Crippen LogP contribution >= 0.6 is 0 Å². The van der Waals surface area contributed by atoms with Gasteiger partial charge in [-0.1, -0.05) is 0 Å². The van der Waals surface area contributed by atoms with E-state index in [2.05, 4.69) is 30.6 Å². The Kier molecular flexibility index (Phi) is 5.05. The third kappa shape index (κ3) is 3.46. The first-order valence-electron chi connectivity index (χ1n) is 7.81. The minimum absolute atomic E-state index is 0.364. The highest BCUT2D eigenvalue weighted by molar-refractivity contribution is 4.86. The molecular weight excluding hydrogens is 222 g/mol. The molecule has 2 aliphatic heterocycles. The molecule has 2 fully saturated rings. The van der Waals surface area contributed by atoms with Crippen LogP contribution in [0.4, 0.5) is 0 Å². The van der Waals surface area contributed by atoms with E-state index in [9.17, 15) is 0 Å². The van der Waals surface area contributed by atoms with Gasteiger partial charge in [-0.2, -0.15) is 0 Å². The highest BCUT2D eigenvalue weighted by Crippen LogP contribution is 2.25. The van der Waals surface area contributed by atoms with Crippen LogP contribution < -0.4 is 5.73 Å². The summed E-state index contributed by atoms with van der Waals surface area (Å²) in [6, 6.07) is 1.90. The smallest absolute Gasteiger partial charge is 0.0120 e. The zero-order chi connectivity index (χ0) is 13.1. The maximum atomic E-state index is 6.09. The summed E-state index contributed by atoms with van der Waals surface area (Å²) in [4.78, 5) is 5.35. The largest absolute Gasteiger partial charge is 0.328 e. The lowest BCUT2D eigenvalue weighted by molar-refractivity contribution is 0.0579. The van der Waals surface area contributed by atoms with Gasteiger partial charge in [0.25, 0.3) is 0 Å². The van der Waals surface area contributed by atoms with Crippen molar-refractivity contribution in [2.45, 2.75) is 64.6 Å². The predicted molar refractivity (Wildman–Crippen MR) is 77.7 cm³/mol. The van der Waals surface area contributed by atoms with E-state index in [1.807, 2.05) is 0 Å². The summed E-state index contributed by atoms with van der Waals surface area (Å²) >= 11 is 0. The van der Waals surface area contributed by atoms with Crippen molar-refractivity contribution in [1.29, 1.82) is 0 Å². The Hall–Kier alpha value is -0.120. The SMILES string of the molecule is CC(N)C1CCCN(C2CCN(C(C)C)CC2)C1. The van der Waals surface area contributed by atoms with E-state index in [0.717, 1.165) is 12.0 Å². The van der Waals surface area contributed by atoms with E-state index in [1.54, 1.807) is 0 Å². The van der Waals surface area contributed by atoms with E-state index in [4.69, 9.17) is 5.73 Å². The van der Waals surface area contributed by atoms with Crippen molar-refractivity contribution >= 4 is 0 Å². The highest BCUT2D eigenvalue weighted by Gasteiger charge is 2.30. The first kappa shape index (κ1) is 14.3. The van der Waals surface area contributed by atoms with Gasteiger partial charge in [0.15, 0.2) is 0 Å². The van der Waals surface area contributed by atoms with Crippen LogP contribution in [-0.2, 0) is 0 Å². The second-order valence-electron chi connectivity index (χ2n) is 6.62. The van der Waals surface area contributed by atoms with Crippen LogP contribution in [0.15, 0.2) is 0 Å². The molecule has 2 unspecified atom stereocenters. The van der Waals surface area contributed by atoms with Crippen molar-refractivity contribution in [1.82, 2.24) is 9.80 Å². The molecule has 2 rings (SSSR count). The molecule has 0 bridgehead atoms. The van der Waals surface area contributed by atoms with Crippen LogP contribution in [-0.4, -0.2) is 54.1 Å². The molecule has 0 aliphatic carbocycles. The molecule has 2 atom stereocenters. The number of nitrogens with two attached hydrogens (primary N) is 1. The number of hydrogen-bond donors (Lipinski definition) is 1. The standard InChI is InChI=1S/C15H31N3/c1-12(2)17-9-6-15(7-10-17)18-8-4-5-14(11-18)13(3)16/h12-15H,4-11,16H2,1-3H3.